The molecule has 7 nitrogen and oxygen atoms in total. The first-order valence-electron chi connectivity index (χ1n) is 7.31. The van der Waals surface area contributed by atoms with Crippen LogP contribution in [0.25, 0.3) is 0 Å². The van der Waals surface area contributed by atoms with E-state index in [4.69, 9.17) is 17.3 Å². The average molecular weight is 344 g/mol. The molecule has 9 heteroatoms. The predicted molar refractivity (Wildman–Crippen MR) is 89.1 cm³/mol. The monoisotopic (exact) mass is 343 g/mol. The van der Waals surface area contributed by atoms with Crippen molar-refractivity contribution >= 4 is 40.7 Å². The number of hydrogen-bond donors (Lipinski definition) is 2. The summed E-state index contributed by atoms with van der Waals surface area (Å²) < 4.78 is 2.40. The number of hydrogen-bond acceptors (Lipinski definition) is 7. The number of nitrogen functional groups attached to an aromatic ring is 1. The Bertz CT molecular complexity index is 576. The summed E-state index contributed by atoms with van der Waals surface area (Å²) in [4.78, 5) is 14.4. The van der Waals surface area contributed by atoms with Crippen LogP contribution in [-0.4, -0.2) is 38.6 Å². The maximum Gasteiger partial charge on any atom is 0.335 e. The quantitative estimate of drug-likeness (QED) is 0.482. The molecule has 1 aromatic heterocycles. The number of pyridine rings is 1. The Labute approximate surface area is 137 Å². The Kier molecular flexibility index (Phi) is 4.60. The number of nitro groups is 1. The highest BCUT2D eigenvalue weighted by atomic mass is 35.5. The van der Waals surface area contributed by atoms with E-state index in [0.29, 0.717) is 0 Å². The lowest BCUT2D eigenvalue weighted by Crippen LogP contribution is -2.36. The third-order valence-corrected chi connectivity index (χ3v) is 5.56. The second-order valence-corrected chi connectivity index (χ2v) is 7.43. The topological polar surface area (TPSA) is 97.3 Å². The van der Waals surface area contributed by atoms with Crippen molar-refractivity contribution < 1.29 is 4.92 Å². The van der Waals surface area contributed by atoms with Gasteiger partial charge < -0.3 is 11.1 Å². The summed E-state index contributed by atoms with van der Waals surface area (Å²) in [6.07, 6.45) is 5.84. The standard InChI is InChI=1S/C13H18ClN5O2S/c14-10-7-16-13(15)12(19(20)21)11(10)17-8-3-5-18(6-4-8)22-9-1-2-9/h7-9H,1-6H2,(H3,15,16,17). The molecule has 2 aliphatic rings. The van der Waals surface area contributed by atoms with E-state index in [1.165, 1.54) is 19.0 Å². The Morgan fingerprint density at radius 2 is 2.09 bits per heavy atom. The molecule has 120 valence electrons. The molecule has 3 rings (SSSR count). The molecule has 1 saturated heterocycles. The van der Waals surface area contributed by atoms with E-state index in [-0.39, 0.29) is 28.3 Å². The second-order valence-electron chi connectivity index (χ2n) is 5.62. The van der Waals surface area contributed by atoms with E-state index in [1.54, 1.807) is 0 Å². The number of anilines is 2. The number of aromatic nitrogens is 1. The van der Waals surface area contributed by atoms with Crippen LogP contribution in [0, 0.1) is 10.1 Å². The van der Waals surface area contributed by atoms with Gasteiger partial charge in [0.05, 0.1) is 16.1 Å². The molecule has 3 N–H and O–H groups in total. The van der Waals surface area contributed by atoms with Crippen molar-refractivity contribution in [1.29, 1.82) is 0 Å². The molecule has 2 fully saturated rings. The predicted octanol–water partition coefficient (Wildman–Crippen LogP) is 2.91. The van der Waals surface area contributed by atoms with Crippen molar-refractivity contribution in [3.05, 3.63) is 21.3 Å². The first kappa shape index (κ1) is 15.6. The van der Waals surface area contributed by atoms with Crippen molar-refractivity contribution in [2.24, 2.45) is 0 Å². The molecular formula is C13H18ClN5O2S. The summed E-state index contributed by atoms with van der Waals surface area (Å²) in [5.41, 5.74) is 5.67. The lowest BCUT2D eigenvalue weighted by molar-refractivity contribution is -0.383. The average Bonchev–Trinajstić information content (AvgIpc) is 3.28. The SMILES string of the molecule is Nc1ncc(Cl)c(NC2CCN(SC3CC3)CC2)c1[N+](=O)[O-]. The fourth-order valence-electron chi connectivity index (χ4n) is 2.51. The lowest BCUT2D eigenvalue weighted by Gasteiger charge is -2.32. The number of nitrogens with one attached hydrogen (secondary N) is 1. The van der Waals surface area contributed by atoms with Crippen LogP contribution < -0.4 is 11.1 Å². The molecule has 0 unspecified atom stereocenters. The highest BCUT2D eigenvalue weighted by Crippen LogP contribution is 2.39. The Morgan fingerprint density at radius 3 is 2.68 bits per heavy atom. The molecule has 0 bridgehead atoms. The largest absolute Gasteiger partial charge is 0.378 e. The second kappa shape index (κ2) is 6.47. The van der Waals surface area contributed by atoms with Gasteiger partial charge in [-0.25, -0.2) is 4.98 Å². The molecule has 1 aromatic rings. The molecule has 1 aliphatic carbocycles. The minimum atomic E-state index is -0.533. The molecule has 0 atom stereocenters. The van der Waals surface area contributed by atoms with Gasteiger partial charge in [-0.1, -0.05) is 23.5 Å². The first-order chi connectivity index (χ1) is 10.5. The van der Waals surface area contributed by atoms with Gasteiger partial charge >= 0.3 is 5.69 Å². The van der Waals surface area contributed by atoms with E-state index in [1.807, 2.05) is 11.9 Å². The van der Waals surface area contributed by atoms with E-state index in [9.17, 15) is 10.1 Å². The van der Waals surface area contributed by atoms with E-state index >= 15 is 0 Å². The summed E-state index contributed by atoms with van der Waals surface area (Å²) in [7, 11) is 0. The third-order valence-electron chi connectivity index (χ3n) is 3.84. The maximum absolute atomic E-state index is 11.2. The van der Waals surface area contributed by atoms with Gasteiger partial charge in [-0.3, -0.25) is 14.4 Å². The van der Waals surface area contributed by atoms with Gasteiger partial charge in [0.1, 0.15) is 5.69 Å². The normalized spacial score (nSPS) is 20.0. The molecule has 2 heterocycles. The fraction of sp³-hybridized carbons (Fsp3) is 0.615. The molecule has 0 radical (unpaired) electrons. The van der Waals surface area contributed by atoms with Gasteiger partial charge in [-0.15, -0.1) is 0 Å². The Balaban J connectivity index is 1.66. The van der Waals surface area contributed by atoms with E-state index in [2.05, 4.69) is 14.6 Å². The van der Waals surface area contributed by atoms with Crippen LogP contribution in [-0.2, 0) is 0 Å². The van der Waals surface area contributed by atoms with Gasteiger partial charge in [-0.2, -0.15) is 0 Å². The van der Waals surface area contributed by atoms with Crippen LogP contribution in [0.4, 0.5) is 17.2 Å². The molecule has 1 saturated carbocycles. The van der Waals surface area contributed by atoms with Crippen LogP contribution in [0.3, 0.4) is 0 Å². The minimum absolute atomic E-state index is 0.112. The molecular weight excluding hydrogens is 326 g/mol. The summed E-state index contributed by atoms with van der Waals surface area (Å²) in [5, 5.41) is 15.4. The highest BCUT2D eigenvalue weighted by molar-refractivity contribution is 7.97. The molecule has 0 aromatic carbocycles. The highest BCUT2D eigenvalue weighted by Gasteiger charge is 2.30. The minimum Gasteiger partial charge on any atom is -0.378 e. The van der Waals surface area contributed by atoms with E-state index in [0.717, 1.165) is 31.2 Å². The number of nitrogens with zero attached hydrogens (tertiary/aromatic N) is 3. The number of rotatable bonds is 5. The van der Waals surface area contributed by atoms with Gasteiger partial charge in [0.2, 0.25) is 5.82 Å². The van der Waals surface area contributed by atoms with Crippen molar-refractivity contribution in [2.45, 2.75) is 37.0 Å². The van der Waals surface area contributed by atoms with Gasteiger partial charge in [0, 0.05) is 24.4 Å². The van der Waals surface area contributed by atoms with Crippen molar-refractivity contribution in [3.63, 3.8) is 0 Å². The first-order valence-corrected chi connectivity index (χ1v) is 8.52. The Hall–Kier alpha value is -1.25. The van der Waals surface area contributed by atoms with Gasteiger partial charge in [0.15, 0.2) is 0 Å². The van der Waals surface area contributed by atoms with Crippen molar-refractivity contribution in [2.75, 3.05) is 24.1 Å². The van der Waals surface area contributed by atoms with Crippen LogP contribution >= 0.6 is 23.5 Å². The molecule has 0 amide bonds. The van der Waals surface area contributed by atoms with E-state index < -0.39 is 4.92 Å². The van der Waals surface area contributed by atoms with Crippen LogP contribution in [0.15, 0.2) is 6.20 Å². The van der Waals surface area contributed by atoms with Gasteiger partial charge in [0.25, 0.3) is 0 Å². The van der Waals surface area contributed by atoms with Crippen molar-refractivity contribution in [1.82, 2.24) is 9.29 Å². The number of piperidine rings is 1. The zero-order valence-electron chi connectivity index (χ0n) is 12.0. The van der Waals surface area contributed by atoms with Crippen molar-refractivity contribution in [3.8, 4) is 0 Å². The van der Waals surface area contributed by atoms with Gasteiger partial charge in [-0.05, 0) is 25.7 Å². The van der Waals surface area contributed by atoms with Crippen LogP contribution in [0.5, 0.6) is 0 Å². The molecule has 22 heavy (non-hydrogen) atoms. The molecule has 0 spiro atoms. The zero-order chi connectivity index (χ0) is 15.7. The fourth-order valence-corrected chi connectivity index (χ4v) is 3.89. The number of halogens is 1. The van der Waals surface area contributed by atoms with Crippen LogP contribution in [0.1, 0.15) is 25.7 Å². The zero-order valence-corrected chi connectivity index (χ0v) is 13.6. The smallest absolute Gasteiger partial charge is 0.335 e. The molecule has 1 aliphatic heterocycles. The maximum atomic E-state index is 11.2. The number of nitrogens with two attached hydrogens (primary N) is 1. The lowest BCUT2D eigenvalue weighted by atomic mass is 10.1. The third kappa shape index (κ3) is 3.56. The summed E-state index contributed by atoms with van der Waals surface area (Å²) >= 11 is 8.02. The summed E-state index contributed by atoms with van der Waals surface area (Å²) in [6, 6.07) is 0.161. The summed E-state index contributed by atoms with van der Waals surface area (Å²) in [5.74, 6) is -0.112. The summed E-state index contributed by atoms with van der Waals surface area (Å²) in [6.45, 7) is 1.95. The Morgan fingerprint density at radius 1 is 1.41 bits per heavy atom. The van der Waals surface area contributed by atoms with Crippen LogP contribution in [0.2, 0.25) is 5.02 Å².